The van der Waals surface area contributed by atoms with Gasteiger partial charge in [-0.3, -0.25) is 0 Å². The van der Waals surface area contributed by atoms with Crippen LogP contribution in [-0.4, -0.2) is 11.9 Å². The zero-order valence-corrected chi connectivity index (χ0v) is 40.7. The number of benzene rings is 8. The van der Waals surface area contributed by atoms with E-state index in [2.05, 4.69) is 84.3 Å². The molecule has 0 unspecified atom stereocenters. The van der Waals surface area contributed by atoms with Crippen molar-refractivity contribution >= 4 is 11.9 Å². The van der Waals surface area contributed by atoms with E-state index in [1.54, 1.807) is 24.3 Å². The Labute approximate surface area is 450 Å². The minimum atomic E-state index is -1.26. The van der Waals surface area contributed by atoms with E-state index in [1.807, 2.05) is 84.9 Å². The van der Waals surface area contributed by atoms with E-state index in [0.29, 0.717) is 23.0 Å². The van der Waals surface area contributed by atoms with Gasteiger partial charge in [-0.05, 0) is 166 Å². The number of hydrogen-bond acceptors (Lipinski definition) is 6. The maximum Gasteiger partial charge on any atom is 1.00 e. The fraction of sp³-hybridized carbons (Fsp3) is 0.0182. The van der Waals surface area contributed by atoms with Crippen LogP contribution in [0, 0.1) is 23.7 Å². The predicted octanol–water partition coefficient (Wildman–Crippen LogP) is 3.17. The maximum absolute atomic E-state index is 11.3. The number of carboxylic acids is 2. The number of rotatable bonds is 8. The molecule has 290 valence electrons. The molecule has 0 heterocycles. The number of hydrogen-bond donors (Lipinski definition) is 0. The van der Waals surface area contributed by atoms with Gasteiger partial charge in [0.15, 0.2) is 0 Å². The summed E-state index contributed by atoms with van der Waals surface area (Å²) in [7, 11) is 0. The van der Waals surface area contributed by atoms with Gasteiger partial charge in [0.1, 0.15) is 23.0 Å². The van der Waals surface area contributed by atoms with Crippen LogP contribution in [0.25, 0.3) is 11.1 Å². The summed E-state index contributed by atoms with van der Waals surface area (Å²) < 4.78 is 12.4. The van der Waals surface area contributed by atoms with E-state index in [0.717, 1.165) is 55.6 Å². The second-order valence-corrected chi connectivity index (χ2v) is 14.4. The third kappa shape index (κ3) is 9.93. The van der Waals surface area contributed by atoms with Crippen molar-refractivity contribution in [1.82, 2.24) is 0 Å². The van der Waals surface area contributed by atoms with Crippen LogP contribution in [0.4, 0.5) is 0 Å². The van der Waals surface area contributed by atoms with Gasteiger partial charge in [-0.15, -0.1) is 0 Å². The average Bonchev–Trinajstić information content (AvgIpc) is 3.58. The fourth-order valence-electron chi connectivity index (χ4n) is 7.74. The van der Waals surface area contributed by atoms with Gasteiger partial charge >= 0.3 is 103 Å². The van der Waals surface area contributed by atoms with E-state index in [9.17, 15) is 19.8 Å². The van der Waals surface area contributed by atoms with Crippen LogP contribution in [0.15, 0.2) is 194 Å². The second-order valence-electron chi connectivity index (χ2n) is 14.4. The number of fused-ring (bicyclic) bond motifs is 3. The molecule has 0 fully saturated rings. The SMILES string of the molecule is O=C([O-])c1ccc(Oc2ccc(C3(c4ccc(Oc5ccc(C(=O)[O-])cc5)cc4)c4cc(C#Cc5ccccc5)ccc4-c4ccc(C#Cc5ccccc5)cc43)cc2)cc1.[K+].[K+]. The maximum atomic E-state index is 11.3. The minimum absolute atomic E-state index is 0. The van der Waals surface area contributed by atoms with E-state index in [1.165, 1.54) is 24.3 Å². The molecule has 1 aliphatic carbocycles. The quantitative estimate of drug-likeness (QED) is 0.172. The topological polar surface area (TPSA) is 98.7 Å². The molecule has 9 rings (SSSR count). The molecule has 0 bridgehead atoms. The Morgan fingerprint density at radius 1 is 0.381 bits per heavy atom. The van der Waals surface area contributed by atoms with Gasteiger partial charge in [0.2, 0.25) is 0 Å². The van der Waals surface area contributed by atoms with Gasteiger partial charge < -0.3 is 29.3 Å². The molecule has 0 radical (unpaired) electrons. The molecule has 0 saturated heterocycles. The minimum Gasteiger partial charge on any atom is -0.545 e. The fourth-order valence-corrected chi connectivity index (χ4v) is 7.74. The molecular weight excluding hydrogens is 835 g/mol. The number of carboxylic acid groups (broad SMARTS) is 2. The zero-order valence-electron chi connectivity index (χ0n) is 34.4. The number of aromatic carboxylic acids is 2. The van der Waals surface area contributed by atoms with Crippen LogP contribution < -0.4 is 122 Å². The molecule has 0 spiro atoms. The Morgan fingerprint density at radius 2 is 0.698 bits per heavy atom. The van der Waals surface area contributed by atoms with Crippen molar-refractivity contribution in [2.75, 3.05) is 0 Å². The van der Waals surface area contributed by atoms with Crippen LogP contribution in [0.5, 0.6) is 23.0 Å². The van der Waals surface area contributed by atoms with Crippen LogP contribution >= 0.6 is 0 Å². The number of carbonyl (C=O) groups excluding carboxylic acids is 2. The first-order valence-electron chi connectivity index (χ1n) is 19.5. The summed E-state index contributed by atoms with van der Waals surface area (Å²) >= 11 is 0. The van der Waals surface area contributed by atoms with Crippen LogP contribution in [0.2, 0.25) is 0 Å². The van der Waals surface area contributed by atoms with E-state index in [-0.39, 0.29) is 114 Å². The molecule has 1 aliphatic rings. The van der Waals surface area contributed by atoms with Crippen molar-refractivity contribution in [1.29, 1.82) is 0 Å². The van der Waals surface area contributed by atoms with E-state index < -0.39 is 17.4 Å². The Bertz CT molecular complexity index is 2840. The van der Waals surface area contributed by atoms with Crippen molar-refractivity contribution in [3.05, 3.63) is 250 Å². The van der Waals surface area contributed by atoms with Gasteiger partial charge in [0.05, 0.1) is 17.4 Å². The summed E-state index contributed by atoms with van der Waals surface area (Å²) in [6, 6.07) is 60.6. The van der Waals surface area contributed by atoms with E-state index >= 15 is 0 Å². The summed E-state index contributed by atoms with van der Waals surface area (Å²) in [6.07, 6.45) is 0. The summed E-state index contributed by atoms with van der Waals surface area (Å²) in [5.74, 6) is 13.1. The molecule has 63 heavy (non-hydrogen) atoms. The van der Waals surface area contributed by atoms with Gasteiger partial charge in [-0.2, -0.15) is 0 Å². The molecule has 0 N–H and O–H groups in total. The third-order valence-electron chi connectivity index (χ3n) is 10.6. The Morgan fingerprint density at radius 3 is 1.03 bits per heavy atom. The largest absolute Gasteiger partial charge is 1.00 e. The molecule has 8 heteroatoms. The Hall–Kier alpha value is -5.31. The smallest absolute Gasteiger partial charge is 0.545 e. The van der Waals surface area contributed by atoms with E-state index in [4.69, 9.17) is 9.47 Å². The molecule has 8 aromatic carbocycles. The van der Waals surface area contributed by atoms with Gasteiger partial charge in [0.25, 0.3) is 0 Å². The molecule has 6 nitrogen and oxygen atoms in total. The van der Waals surface area contributed by atoms with Gasteiger partial charge in [-0.25, -0.2) is 0 Å². The summed E-state index contributed by atoms with van der Waals surface area (Å²) in [5, 5.41) is 22.7. The van der Waals surface area contributed by atoms with Crippen LogP contribution in [-0.2, 0) is 5.41 Å². The molecular formula is C55H32K2O6. The van der Waals surface area contributed by atoms with Crippen molar-refractivity contribution in [2.45, 2.75) is 5.41 Å². The van der Waals surface area contributed by atoms with Gasteiger partial charge in [0, 0.05) is 22.3 Å². The van der Waals surface area contributed by atoms with Crippen molar-refractivity contribution in [2.24, 2.45) is 0 Å². The Kier molecular flexibility index (Phi) is 14.8. The first-order chi connectivity index (χ1) is 29.8. The number of carbonyl (C=O) groups is 2. The normalized spacial score (nSPS) is 11.4. The summed E-state index contributed by atoms with van der Waals surface area (Å²) in [6.45, 7) is 0. The van der Waals surface area contributed by atoms with Crippen molar-refractivity contribution in [3.8, 4) is 57.8 Å². The first kappa shape index (κ1) is 45.7. The molecule has 0 amide bonds. The second kappa shape index (κ2) is 20.5. The number of ether oxygens (including phenoxy) is 2. The summed E-state index contributed by atoms with van der Waals surface area (Å²) in [5.41, 5.74) is 8.89. The Balaban J connectivity index is 0.00000298. The van der Waals surface area contributed by atoms with Crippen molar-refractivity contribution < 1.29 is 132 Å². The molecule has 0 aliphatic heterocycles. The van der Waals surface area contributed by atoms with Crippen molar-refractivity contribution in [3.63, 3.8) is 0 Å². The zero-order chi connectivity index (χ0) is 41.8. The monoisotopic (exact) mass is 866 g/mol. The molecule has 8 aromatic rings. The van der Waals surface area contributed by atoms with Crippen LogP contribution in [0.1, 0.15) is 65.2 Å². The predicted molar refractivity (Wildman–Crippen MR) is 230 cm³/mol. The third-order valence-corrected chi connectivity index (χ3v) is 10.6. The average molecular weight is 867 g/mol. The first-order valence-corrected chi connectivity index (χ1v) is 19.5. The summed E-state index contributed by atoms with van der Waals surface area (Å²) in [4.78, 5) is 22.7. The standard InChI is InChI=1S/C55H34O6.2K/c56-53(57)41-17-25-45(26-18-41)60-47-29-21-43(22-30-47)55(44-23-31-48(32-24-44)61-46-27-19-42(20-28-46)54(58)59)51-35-39(13-11-37-7-3-1-4-8-37)15-33-49(51)50-34-16-40(36-52(50)55)14-12-38-9-5-2-6-10-38;;/h1-10,15-36H,(H,56,57)(H,58,59);;/q;2*+1/p-2. The molecule has 0 saturated carbocycles. The molecule has 0 aromatic heterocycles. The van der Waals surface area contributed by atoms with Crippen LogP contribution in [0.3, 0.4) is 0 Å². The van der Waals surface area contributed by atoms with Gasteiger partial charge in [-0.1, -0.05) is 96.5 Å². The molecule has 0 atom stereocenters.